The van der Waals surface area contributed by atoms with E-state index < -0.39 is 0 Å². The predicted molar refractivity (Wildman–Crippen MR) is 137 cm³/mol. The Morgan fingerprint density at radius 1 is 1.06 bits per heavy atom. The van der Waals surface area contributed by atoms with Gasteiger partial charge in [-0.25, -0.2) is 4.98 Å². The van der Waals surface area contributed by atoms with Gasteiger partial charge in [-0.1, -0.05) is 42.0 Å². The number of hydrogen-bond acceptors (Lipinski definition) is 4. The number of piperidine rings is 1. The van der Waals surface area contributed by atoms with E-state index in [1.54, 1.807) is 11.3 Å². The van der Waals surface area contributed by atoms with Gasteiger partial charge in [0.15, 0.2) is 0 Å². The van der Waals surface area contributed by atoms with Crippen LogP contribution in [0.15, 0.2) is 42.5 Å². The van der Waals surface area contributed by atoms with Gasteiger partial charge in [0, 0.05) is 30.6 Å². The first-order valence-corrected chi connectivity index (χ1v) is 13.0. The van der Waals surface area contributed by atoms with Gasteiger partial charge < -0.3 is 10.2 Å². The third kappa shape index (κ3) is 4.64. The summed E-state index contributed by atoms with van der Waals surface area (Å²) >= 11 is 1.67. The van der Waals surface area contributed by atoms with Crippen molar-refractivity contribution in [3.05, 3.63) is 75.4 Å². The Morgan fingerprint density at radius 2 is 1.85 bits per heavy atom. The molecule has 176 valence electrons. The van der Waals surface area contributed by atoms with Gasteiger partial charge in [0.1, 0.15) is 5.69 Å². The quantitative estimate of drug-likeness (QED) is 0.521. The average Bonchev–Trinajstić information content (AvgIpc) is 3.58. The number of carbonyl (C=O) groups is 2. The van der Waals surface area contributed by atoms with Crippen LogP contribution >= 0.6 is 11.3 Å². The summed E-state index contributed by atoms with van der Waals surface area (Å²) in [5, 5.41) is 4.26. The molecule has 0 radical (unpaired) electrons. The number of nitrogens with one attached hydrogen (secondary N) is 1. The minimum Gasteiger partial charge on any atom is -0.348 e. The van der Waals surface area contributed by atoms with Crippen molar-refractivity contribution >= 4 is 23.2 Å². The Balaban J connectivity index is 1.36. The Morgan fingerprint density at radius 3 is 2.62 bits per heavy atom. The van der Waals surface area contributed by atoms with E-state index in [4.69, 9.17) is 4.98 Å². The average molecular weight is 474 g/mol. The molecule has 1 saturated heterocycles. The maximum Gasteiger partial charge on any atom is 0.274 e. The molecule has 3 aromatic rings. The second-order valence-electron chi connectivity index (χ2n) is 9.68. The maximum absolute atomic E-state index is 13.7. The van der Waals surface area contributed by atoms with Crippen LogP contribution in [0.4, 0.5) is 0 Å². The molecule has 1 N–H and O–H groups in total. The molecule has 1 aromatic heterocycles. The van der Waals surface area contributed by atoms with Crippen LogP contribution in [0.5, 0.6) is 0 Å². The van der Waals surface area contributed by atoms with Crippen LogP contribution < -0.4 is 5.32 Å². The van der Waals surface area contributed by atoms with E-state index in [0.29, 0.717) is 30.3 Å². The summed E-state index contributed by atoms with van der Waals surface area (Å²) in [5.41, 5.74) is 5.61. The molecule has 1 saturated carbocycles. The zero-order chi connectivity index (χ0) is 23.8. The van der Waals surface area contributed by atoms with Crippen LogP contribution in [-0.2, 0) is 0 Å². The molecule has 2 aliphatic rings. The largest absolute Gasteiger partial charge is 0.348 e. The van der Waals surface area contributed by atoms with Crippen molar-refractivity contribution in [1.29, 1.82) is 0 Å². The van der Waals surface area contributed by atoms with E-state index in [1.165, 1.54) is 5.56 Å². The minimum absolute atomic E-state index is 0.0228. The summed E-state index contributed by atoms with van der Waals surface area (Å²) in [6, 6.07) is 14.0. The third-order valence-electron chi connectivity index (χ3n) is 6.95. The lowest BCUT2D eigenvalue weighted by atomic mass is 10.0. The normalized spacial score (nSPS) is 18.1. The monoisotopic (exact) mass is 473 g/mol. The van der Waals surface area contributed by atoms with Crippen LogP contribution in [0.2, 0.25) is 0 Å². The van der Waals surface area contributed by atoms with Crippen LogP contribution in [0.1, 0.15) is 74.1 Å². The summed E-state index contributed by atoms with van der Waals surface area (Å²) < 4.78 is 0. The van der Waals surface area contributed by atoms with Gasteiger partial charge in [-0.15, -0.1) is 11.3 Å². The molecule has 5 rings (SSSR count). The van der Waals surface area contributed by atoms with Gasteiger partial charge in [0.2, 0.25) is 0 Å². The number of hydrogen-bond donors (Lipinski definition) is 1. The topological polar surface area (TPSA) is 62.3 Å². The van der Waals surface area contributed by atoms with Crippen LogP contribution in [0.3, 0.4) is 0 Å². The number of amides is 2. The van der Waals surface area contributed by atoms with Gasteiger partial charge in [0.25, 0.3) is 11.8 Å². The molecule has 2 heterocycles. The second-order valence-corrected chi connectivity index (χ2v) is 10.7. The van der Waals surface area contributed by atoms with E-state index in [9.17, 15) is 9.59 Å². The zero-order valence-corrected chi connectivity index (χ0v) is 20.9. The Labute approximate surface area is 205 Å². The van der Waals surface area contributed by atoms with E-state index in [2.05, 4.69) is 30.4 Å². The fourth-order valence-electron chi connectivity index (χ4n) is 4.66. The molecule has 2 fully saturated rings. The number of carbonyl (C=O) groups excluding carboxylic acids is 2. The molecule has 5 nitrogen and oxygen atoms in total. The smallest absolute Gasteiger partial charge is 0.274 e. The lowest BCUT2D eigenvalue weighted by molar-refractivity contribution is 0.0671. The highest BCUT2D eigenvalue weighted by molar-refractivity contribution is 7.15. The Hall–Kier alpha value is -2.99. The van der Waals surface area contributed by atoms with Crippen molar-refractivity contribution < 1.29 is 9.59 Å². The van der Waals surface area contributed by atoms with E-state index in [1.807, 2.05) is 43.0 Å². The van der Waals surface area contributed by atoms with Crippen molar-refractivity contribution in [3.63, 3.8) is 0 Å². The van der Waals surface area contributed by atoms with Crippen molar-refractivity contribution in [2.24, 2.45) is 0 Å². The van der Waals surface area contributed by atoms with Crippen molar-refractivity contribution in [2.75, 3.05) is 13.1 Å². The summed E-state index contributed by atoms with van der Waals surface area (Å²) in [6.45, 7) is 7.27. The molecule has 2 amide bonds. The van der Waals surface area contributed by atoms with Crippen LogP contribution in [0.25, 0.3) is 10.4 Å². The fourth-order valence-corrected chi connectivity index (χ4v) is 5.88. The molecular weight excluding hydrogens is 442 g/mol. The Kier molecular flexibility index (Phi) is 6.26. The van der Waals surface area contributed by atoms with Crippen LogP contribution in [-0.4, -0.2) is 40.8 Å². The number of aromatic nitrogens is 1. The van der Waals surface area contributed by atoms with Gasteiger partial charge >= 0.3 is 0 Å². The fraction of sp³-hybridized carbons (Fsp3) is 0.393. The number of rotatable bonds is 5. The van der Waals surface area contributed by atoms with Gasteiger partial charge in [0.05, 0.1) is 9.88 Å². The van der Waals surface area contributed by atoms with Crippen molar-refractivity contribution in [2.45, 2.75) is 58.4 Å². The van der Waals surface area contributed by atoms with Gasteiger partial charge in [-0.2, -0.15) is 0 Å². The lowest BCUT2D eigenvalue weighted by Crippen LogP contribution is -2.49. The molecule has 1 aliphatic carbocycles. The number of likely N-dealkylation sites (tertiary alicyclic amines) is 1. The molecule has 1 atom stereocenters. The predicted octanol–water partition coefficient (Wildman–Crippen LogP) is 5.65. The minimum atomic E-state index is -0.0642. The molecule has 2 aromatic carbocycles. The molecule has 1 aliphatic heterocycles. The highest BCUT2D eigenvalue weighted by atomic mass is 32.1. The lowest BCUT2D eigenvalue weighted by Gasteiger charge is -2.33. The number of nitrogens with zero attached hydrogens (tertiary/aromatic N) is 2. The van der Waals surface area contributed by atoms with Crippen molar-refractivity contribution in [3.8, 4) is 10.4 Å². The molecule has 0 unspecified atom stereocenters. The van der Waals surface area contributed by atoms with Gasteiger partial charge in [-0.05, 0) is 69.2 Å². The third-order valence-corrected chi connectivity index (χ3v) is 8.21. The summed E-state index contributed by atoms with van der Waals surface area (Å²) in [7, 11) is 0. The number of benzene rings is 2. The summed E-state index contributed by atoms with van der Waals surface area (Å²) in [5.74, 6) is 0.414. The molecule has 0 bridgehead atoms. The number of thiazole rings is 1. The molecule has 0 spiro atoms. The summed E-state index contributed by atoms with van der Waals surface area (Å²) in [6.07, 6.45) is 4.05. The Bertz CT molecular complexity index is 1240. The maximum atomic E-state index is 13.7. The second kappa shape index (κ2) is 9.34. The van der Waals surface area contributed by atoms with Crippen molar-refractivity contribution in [1.82, 2.24) is 15.2 Å². The first kappa shape index (κ1) is 22.8. The molecule has 34 heavy (non-hydrogen) atoms. The van der Waals surface area contributed by atoms with E-state index in [-0.39, 0.29) is 17.9 Å². The van der Waals surface area contributed by atoms with Gasteiger partial charge in [-0.3, -0.25) is 9.59 Å². The van der Waals surface area contributed by atoms with Crippen LogP contribution in [0, 0.1) is 20.8 Å². The SMILES string of the molecule is Cc1cccc(-c2sc(C3CC3)nc2C(=O)N2CCC[C@@H](NC(=O)c3cccc(C)c3C)C2)c1. The zero-order valence-electron chi connectivity index (χ0n) is 20.1. The van der Waals surface area contributed by atoms with E-state index >= 15 is 0 Å². The molecular formula is C28H31N3O2S. The highest BCUT2D eigenvalue weighted by Crippen LogP contribution is 2.45. The highest BCUT2D eigenvalue weighted by Gasteiger charge is 2.33. The first-order chi connectivity index (χ1) is 16.4. The van der Waals surface area contributed by atoms with E-state index in [0.717, 1.165) is 52.3 Å². The standard InChI is InChI=1S/C28H31N3O2S/c1-17-7-4-9-21(15-17)25-24(30-27(34-25)20-12-13-20)28(33)31-14-6-10-22(16-31)29-26(32)23-11-5-8-18(2)19(23)3/h4-5,7-9,11,15,20,22H,6,10,12-14,16H2,1-3H3,(H,29,32)/t22-/m1/s1. The summed E-state index contributed by atoms with van der Waals surface area (Å²) in [4.78, 5) is 34.4. The molecule has 6 heteroatoms. The first-order valence-electron chi connectivity index (χ1n) is 12.1. The number of aryl methyl sites for hydroxylation is 2.